The van der Waals surface area contributed by atoms with E-state index < -0.39 is 32.1 Å². The molecule has 2 aliphatic carbocycles. The number of sulfonamides is 1. The first-order valence-electron chi connectivity index (χ1n) is 8.91. The molecule has 2 saturated carbocycles. The van der Waals surface area contributed by atoms with E-state index in [1.165, 1.54) is 12.1 Å². The van der Waals surface area contributed by atoms with Gasteiger partial charge in [-0.15, -0.1) is 6.58 Å². The maximum Gasteiger partial charge on any atom is 0.417 e. The molecule has 0 unspecified atom stereocenters. The van der Waals surface area contributed by atoms with Crippen molar-refractivity contribution in [1.82, 2.24) is 0 Å². The summed E-state index contributed by atoms with van der Waals surface area (Å²) in [5.41, 5.74) is -1.63. The second-order valence-corrected chi connectivity index (χ2v) is 9.85. The zero-order valence-electron chi connectivity index (χ0n) is 14.5. The van der Waals surface area contributed by atoms with Crippen LogP contribution < -0.4 is 4.31 Å². The number of nitriles is 1. The van der Waals surface area contributed by atoms with Crippen LogP contribution >= 0.6 is 0 Å². The van der Waals surface area contributed by atoms with Crippen molar-refractivity contribution in [1.29, 1.82) is 5.26 Å². The van der Waals surface area contributed by atoms with Crippen LogP contribution in [0.3, 0.4) is 0 Å². The van der Waals surface area contributed by atoms with Crippen LogP contribution in [0.25, 0.3) is 0 Å². The van der Waals surface area contributed by atoms with Crippen molar-refractivity contribution >= 4 is 15.7 Å². The van der Waals surface area contributed by atoms with E-state index in [9.17, 15) is 21.6 Å². The fourth-order valence-corrected chi connectivity index (χ4v) is 8.40. The van der Waals surface area contributed by atoms with E-state index in [2.05, 4.69) is 6.58 Å². The molecular weight excluding hydrogens is 377 g/mol. The molecule has 3 fully saturated rings. The minimum Gasteiger partial charge on any atom is -0.269 e. The second-order valence-electron chi connectivity index (χ2n) is 7.70. The van der Waals surface area contributed by atoms with Crippen LogP contribution in [-0.4, -0.2) is 19.7 Å². The number of rotatable bonds is 3. The Balaban J connectivity index is 1.83. The number of nitrogens with zero attached hydrogens (tertiary/aromatic N) is 2. The number of fused-ring (bicyclic) bond motifs is 5. The largest absolute Gasteiger partial charge is 0.417 e. The number of hydrogen-bond donors (Lipinski definition) is 0. The molecule has 4 rings (SSSR count). The van der Waals surface area contributed by atoms with E-state index in [1.807, 2.05) is 0 Å². The molecule has 1 aromatic rings. The monoisotopic (exact) mass is 396 g/mol. The number of hydrogen-bond acceptors (Lipinski definition) is 3. The lowest BCUT2D eigenvalue weighted by Gasteiger charge is -2.36. The van der Waals surface area contributed by atoms with Gasteiger partial charge in [-0.3, -0.25) is 4.31 Å². The van der Waals surface area contributed by atoms with Gasteiger partial charge in [0.05, 0.1) is 22.9 Å². The van der Waals surface area contributed by atoms with Gasteiger partial charge in [-0.2, -0.15) is 18.4 Å². The fourth-order valence-electron chi connectivity index (χ4n) is 5.63. The lowest BCUT2D eigenvalue weighted by atomic mass is 9.76. The van der Waals surface area contributed by atoms with E-state index in [4.69, 9.17) is 5.26 Å². The van der Waals surface area contributed by atoms with E-state index in [1.54, 1.807) is 6.08 Å². The average Bonchev–Trinajstić information content (AvgIpc) is 3.25. The van der Waals surface area contributed by atoms with Crippen molar-refractivity contribution in [2.45, 2.75) is 36.6 Å². The van der Waals surface area contributed by atoms with Gasteiger partial charge in [0.25, 0.3) is 0 Å². The molecule has 0 spiro atoms. The molecule has 1 aromatic carbocycles. The van der Waals surface area contributed by atoms with Crippen molar-refractivity contribution in [3.05, 3.63) is 42.0 Å². The van der Waals surface area contributed by atoms with Crippen LogP contribution in [0.5, 0.6) is 0 Å². The molecule has 4 atom stereocenters. The van der Waals surface area contributed by atoms with Crippen LogP contribution in [0.2, 0.25) is 0 Å². The highest BCUT2D eigenvalue weighted by Gasteiger charge is 2.69. The maximum absolute atomic E-state index is 13.5. The Hall–Kier alpha value is -2.01. The first-order chi connectivity index (χ1) is 12.7. The zero-order chi connectivity index (χ0) is 19.6. The second kappa shape index (κ2) is 5.74. The van der Waals surface area contributed by atoms with E-state index >= 15 is 0 Å². The average molecular weight is 396 g/mol. The lowest BCUT2D eigenvalue weighted by Crippen LogP contribution is -2.47. The van der Waals surface area contributed by atoms with Crippen molar-refractivity contribution < 1.29 is 21.6 Å². The van der Waals surface area contributed by atoms with E-state index in [-0.39, 0.29) is 30.0 Å². The van der Waals surface area contributed by atoms with Gasteiger partial charge in [-0.1, -0.05) is 6.08 Å². The highest BCUT2D eigenvalue weighted by Crippen LogP contribution is 2.64. The molecule has 0 amide bonds. The third-order valence-electron chi connectivity index (χ3n) is 6.67. The summed E-state index contributed by atoms with van der Waals surface area (Å²) in [6, 6.07) is 4.68. The number of allylic oxidation sites excluding steroid dienone is 1. The summed E-state index contributed by atoms with van der Waals surface area (Å²) in [5.74, 6) is 0.223. The Bertz CT molecular complexity index is 951. The highest BCUT2D eigenvalue weighted by molar-refractivity contribution is 7.94. The van der Waals surface area contributed by atoms with Crippen LogP contribution in [0, 0.1) is 29.1 Å². The molecule has 4 nitrogen and oxygen atoms in total. The number of alkyl halides is 3. The van der Waals surface area contributed by atoms with Gasteiger partial charge in [-0.05, 0) is 55.7 Å². The predicted octanol–water partition coefficient (Wildman–Crippen LogP) is 4.09. The van der Waals surface area contributed by atoms with Gasteiger partial charge in [0.1, 0.15) is 4.75 Å². The Morgan fingerprint density at radius 2 is 2.11 bits per heavy atom. The molecule has 0 N–H and O–H groups in total. The van der Waals surface area contributed by atoms with Crippen molar-refractivity contribution in [3.8, 4) is 6.07 Å². The first-order valence-corrected chi connectivity index (χ1v) is 10.4. The molecule has 1 aliphatic heterocycles. The minimum atomic E-state index is -4.72. The summed E-state index contributed by atoms with van der Waals surface area (Å²) >= 11 is 0. The normalized spacial score (nSPS) is 33.7. The third kappa shape index (κ3) is 2.30. The molecule has 3 aliphatic rings. The number of halogens is 3. The summed E-state index contributed by atoms with van der Waals surface area (Å²) in [4.78, 5) is 0. The number of benzene rings is 1. The van der Waals surface area contributed by atoms with Crippen molar-refractivity contribution in [2.24, 2.45) is 17.8 Å². The SMILES string of the molecule is C=CC[C@]12[C@H]3CC[C@H](C3)[C@H]1CN(c1ccc(C#N)c(C(F)(F)F)c1)S2(=O)=O. The fraction of sp³-hybridized carbons (Fsp3) is 0.526. The molecule has 0 radical (unpaired) electrons. The summed E-state index contributed by atoms with van der Waals surface area (Å²) < 4.78 is 67.2. The summed E-state index contributed by atoms with van der Waals surface area (Å²) in [6.07, 6.45) is -0.109. The smallest absolute Gasteiger partial charge is 0.269 e. The van der Waals surface area contributed by atoms with Gasteiger partial charge >= 0.3 is 6.18 Å². The summed E-state index contributed by atoms with van der Waals surface area (Å²) in [7, 11) is -3.84. The van der Waals surface area contributed by atoms with Gasteiger partial charge in [-0.25, -0.2) is 8.42 Å². The van der Waals surface area contributed by atoms with Crippen LogP contribution in [-0.2, 0) is 16.2 Å². The lowest BCUT2D eigenvalue weighted by molar-refractivity contribution is -0.137. The molecule has 27 heavy (non-hydrogen) atoms. The van der Waals surface area contributed by atoms with Gasteiger partial charge in [0, 0.05) is 12.5 Å². The molecular formula is C19H19F3N2O2S. The summed E-state index contributed by atoms with van der Waals surface area (Å²) in [5, 5.41) is 8.97. The standard InChI is InChI=1S/C19H19F3N2O2S/c1-2-7-18-14-5-3-12(8-14)17(18)11-24(27(18,25)26)15-6-4-13(10-23)16(9-15)19(20,21)22/h2,4,6,9,12,14,17H,1,3,5,7-8,11H2/t12-,14+,17-,18+/m1/s1. The van der Waals surface area contributed by atoms with E-state index in [0.717, 1.165) is 35.7 Å². The molecule has 144 valence electrons. The third-order valence-corrected chi connectivity index (χ3v) is 9.38. The molecule has 0 aromatic heterocycles. The molecule has 8 heteroatoms. The maximum atomic E-state index is 13.5. The van der Waals surface area contributed by atoms with Crippen molar-refractivity contribution in [3.63, 3.8) is 0 Å². The van der Waals surface area contributed by atoms with Crippen molar-refractivity contribution in [2.75, 3.05) is 10.8 Å². The molecule has 1 saturated heterocycles. The Kier molecular flexibility index (Phi) is 3.90. The minimum absolute atomic E-state index is 0.0152. The molecule has 1 heterocycles. The van der Waals surface area contributed by atoms with E-state index in [0.29, 0.717) is 6.42 Å². The number of anilines is 1. The quantitative estimate of drug-likeness (QED) is 0.723. The van der Waals surface area contributed by atoms with Crippen LogP contribution in [0.4, 0.5) is 18.9 Å². The molecule has 2 bridgehead atoms. The Labute approximate surface area is 156 Å². The zero-order valence-corrected chi connectivity index (χ0v) is 15.4. The first kappa shape index (κ1) is 18.4. The summed E-state index contributed by atoms with van der Waals surface area (Å²) in [6.45, 7) is 3.92. The van der Waals surface area contributed by atoms with Gasteiger partial charge in [0.15, 0.2) is 0 Å². The van der Waals surface area contributed by atoms with Gasteiger partial charge in [0.2, 0.25) is 10.0 Å². The van der Waals surface area contributed by atoms with Crippen LogP contribution in [0.15, 0.2) is 30.9 Å². The Morgan fingerprint density at radius 1 is 1.37 bits per heavy atom. The topological polar surface area (TPSA) is 61.2 Å². The highest BCUT2D eigenvalue weighted by atomic mass is 32.2. The van der Waals surface area contributed by atoms with Crippen LogP contribution in [0.1, 0.15) is 36.8 Å². The van der Waals surface area contributed by atoms with Gasteiger partial charge < -0.3 is 0 Å². The Morgan fingerprint density at radius 3 is 2.74 bits per heavy atom. The predicted molar refractivity (Wildman–Crippen MR) is 94.3 cm³/mol.